The highest BCUT2D eigenvalue weighted by Crippen LogP contribution is 2.22. The van der Waals surface area contributed by atoms with Crippen LogP contribution in [0.3, 0.4) is 0 Å². The van der Waals surface area contributed by atoms with E-state index >= 15 is 0 Å². The Morgan fingerprint density at radius 1 is 1.40 bits per heavy atom. The van der Waals surface area contributed by atoms with Crippen LogP contribution < -0.4 is 5.73 Å². The molecular weight excluding hydrogens is 216 g/mol. The molecule has 0 aliphatic rings. The van der Waals surface area contributed by atoms with Crippen molar-refractivity contribution in [3.8, 4) is 0 Å². The number of carboxylic acids is 1. The van der Waals surface area contributed by atoms with Crippen LogP contribution in [0.4, 0.5) is 0 Å². The molecule has 1 aromatic carbocycles. The predicted molar refractivity (Wildman–Crippen MR) is 60.1 cm³/mol. The molecule has 5 heteroatoms. The van der Waals surface area contributed by atoms with E-state index in [1.54, 1.807) is 6.20 Å². The van der Waals surface area contributed by atoms with Gasteiger partial charge in [-0.2, -0.15) is 0 Å². The lowest BCUT2D eigenvalue weighted by molar-refractivity contribution is -0.138. The second kappa shape index (κ2) is 4.33. The van der Waals surface area contributed by atoms with Gasteiger partial charge in [-0.05, 0) is 6.07 Å². The summed E-state index contributed by atoms with van der Waals surface area (Å²) in [4.78, 5) is 13.7. The van der Waals surface area contributed by atoms with Crippen LogP contribution in [0.2, 0.25) is 0 Å². The van der Waals surface area contributed by atoms with Crippen molar-refractivity contribution < 1.29 is 9.90 Å². The van der Waals surface area contributed by atoms with Crippen molar-refractivity contribution in [3.05, 3.63) is 36.0 Å². The molecule has 15 heavy (non-hydrogen) atoms. The van der Waals surface area contributed by atoms with E-state index in [0.29, 0.717) is 5.56 Å². The molecule has 0 spiro atoms. The van der Waals surface area contributed by atoms with Crippen LogP contribution in [0.5, 0.6) is 0 Å². The number of para-hydroxylation sites is 1. The Hall–Kier alpha value is -1.52. The first-order valence-corrected chi connectivity index (χ1v) is 4.24. The Kier molecular flexibility index (Phi) is 3.34. The minimum Gasteiger partial charge on any atom is -0.480 e. The normalized spacial score (nSPS) is 12.1. The van der Waals surface area contributed by atoms with Crippen molar-refractivity contribution in [3.63, 3.8) is 0 Å². The maximum Gasteiger partial charge on any atom is 0.325 e. The first-order chi connectivity index (χ1) is 6.70. The molecule has 1 aromatic heterocycles. The molecule has 4 nitrogen and oxygen atoms in total. The van der Waals surface area contributed by atoms with Crippen molar-refractivity contribution in [1.82, 2.24) is 4.98 Å². The van der Waals surface area contributed by atoms with E-state index in [1.165, 1.54) is 0 Å². The fraction of sp³-hybridized carbons (Fsp3) is 0.100. The van der Waals surface area contributed by atoms with Gasteiger partial charge in [-0.1, -0.05) is 18.2 Å². The molecule has 0 bridgehead atoms. The number of aromatic amines is 1. The molecule has 0 fully saturated rings. The van der Waals surface area contributed by atoms with Crippen molar-refractivity contribution in [2.45, 2.75) is 6.04 Å². The molecule has 1 atom stereocenters. The summed E-state index contributed by atoms with van der Waals surface area (Å²) in [6, 6.07) is 6.51. The van der Waals surface area contributed by atoms with Crippen LogP contribution in [-0.2, 0) is 4.79 Å². The van der Waals surface area contributed by atoms with Gasteiger partial charge in [0.15, 0.2) is 0 Å². The Morgan fingerprint density at radius 3 is 2.73 bits per heavy atom. The summed E-state index contributed by atoms with van der Waals surface area (Å²) in [6.45, 7) is 0. The van der Waals surface area contributed by atoms with Gasteiger partial charge in [0, 0.05) is 22.7 Å². The number of H-pyrrole nitrogens is 1. The SMILES string of the molecule is Cl.N[C@H](C(=O)O)c1c[nH]c2ccccc12. The molecule has 0 saturated carbocycles. The quantitative estimate of drug-likeness (QED) is 0.729. The van der Waals surface area contributed by atoms with Crippen LogP contribution in [0, 0.1) is 0 Å². The lowest BCUT2D eigenvalue weighted by Gasteiger charge is -2.03. The lowest BCUT2D eigenvalue weighted by Crippen LogP contribution is -2.20. The summed E-state index contributed by atoms with van der Waals surface area (Å²) < 4.78 is 0. The standard InChI is InChI=1S/C10H10N2O2.ClH/c11-9(10(13)14)7-5-12-8-4-2-1-3-6(7)8;/h1-5,9,12H,11H2,(H,13,14);1H/t9-;/m0./s1. The third-order valence-electron chi connectivity index (χ3n) is 2.22. The number of aromatic nitrogens is 1. The van der Waals surface area contributed by atoms with Crippen molar-refractivity contribution >= 4 is 29.3 Å². The molecule has 0 radical (unpaired) electrons. The first kappa shape index (κ1) is 11.6. The van der Waals surface area contributed by atoms with Crippen LogP contribution in [-0.4, -0.2) is 16.1 Å². The molecule has 2 aromatic rings. The average molecular weight is 227 g/mol. The molecule has 0 amide bonds. The maximum atomic E-state index is 10.7. The second-order valence-electron chi connectivity index (χ2n) is 3.11. The molecule has 80 valence electrons. The summed E-state index contributed by atoms with van der Waals surface area (Å²) in [5, 5.41) is 9.64. The molecule has 1 heterocycles. The minimum absolute atomic E-state index is 0. The van der Waals surface area contributed by atoms with Crippen molar-refractivity contribution in [2.75, 3.05) is 0 Å². The molecule has 4 N–H and O–H groups in total. The van der Waals surface area contributed by atoms with Crippen molar-refractivity contribution in [1.29, 1.82) is 0 Å². The number of carbonyl (C=O) groups is 1. The monoisotopic (exact) mass is 226 g/mol. The highest BCUT2D eigenvalue weighted by molar-refractivity contribution is 5.88. The van der Waals surface area contributed by atoms with Crippen molar-refractivity contribution in [2.24, 2.45) is 5.73 Å². The molecule has 0 saturated heterocycles. The zero-order valence-corrected chi connectivity index (χ0v) is 8.62. The number of rotatable bonds is 2. The van der Waals surface area contributed by atoms with E-state index in [9.17, 15) is 4.79 Å². The molecule has 0 aliphatic heterocycles. The second-order valence-corrected chi connectivity index (χ2v) is 3.11. The van der Waals surface area contributed by atoms with Gasteiger partial charge >= 0.3 is 5.97 Å². The molecule has 2 rings (SSSR count). The van der Waals surface area contributed by atoms with Gasteiger partial charge < -0.3 is 15.8 Å². The van der Waals surface area contributed by atoms with E-state index in [0.717, 1.165) is 10.9 Å². The number of carboxylic acid groups (broad SMARTS) is 1. The predicted octanol–water partition coefficient (Wildman–Crippen LogP) is 1.67. The maximum absolute atomic E-state index is 10.7. The van der Waals surface area contributed by atoms with Crippen LogP contribution in [0.25, 0.3) is 10.9 Å². The summed E-state index contributed by atoms with van der Waals surface area (Å²) in [5.74, 6) is -1.02. The van der Waals surface area contributed by atoms with Gasteiger partial charge in [0.05, 0.1) is 0 Å². The summed E-state index contributed by atoms with van der Waals surface area (Å²) in [6.07, 6.45) is 1.64. The number of fused-ring (bicyclic) bond motifs is 1. The number of aliphatic carboxylic acids is 1. The largest absolute Gasteiger partial charge is 0.480 e. The third kappa shape index (κ3) is 1.95. The number of halogens is 1. The lowest BCUT2D eigenvalue weighted by atomic mass is 10.1. The Labute approximate surface area is 92.5 Å². The van der Waals surface area contributed by atoms with E-state index in [1.807, 2.05) is 24.3 Å². The van der Waals surface area contributed by atoms with E-state index in [4.69, 9.17) is 10.8 Å². The highest BCUT2D eigenvalue weighted by atomic mass is 35.5. The number of benzene rings is 1. The fourth-order valence-electron chi connectivity index (χ4n) is 1.48. The highest BCUT2D eigenvalue weighted by Gasteiger charge is 2.17. The summed E-state index contributed by atoms with van der Waals surface area (Å²) >= 11 is 0. The van der Waals surface area contributed by atoms with Crippen LogP contribution in [0.1, 0.15) is 11.6 Å². The smallest absolute Gasteiger partial charge is 0.325 e. The topological polar surface area (TPSA) is 79.1 Å². The van der Waals surface area contributed by atoms with Gasteiger partial charge in [0.25, 0.3) is 0 Å². The minimum atomic E-state index is -1.02. The van der Waals surface area contributed by atoms with Gasteiger partial charge in [0.2, 0.25) is 0 Å². The summed E-state index contributed by atoms with van der Waals surface area (Å²) in [5.41, 5.74) is 7.05. The zero-order valence-electron chi connectivity index (χ0n) is 7.81. The van der Waals surface area contributed by atoms with E-state index in [2.05, 4.69) is 4.98 Å². The molecule has 0 unspecified atom stereocenters. The Balaban J connectivity index is 0.00000112. The van der Waals surface area contributed by atoms with Gasteiger partial charge in [0.1, 0.15) is 6.04 Å². The number of nitrogens with one attached hydrogen (secondary N) is 1. The Bertz CT molecular complexity index is 481. The van der Waals surface area contributed by atoms with E-state index in [-0.39, 0.29) is 12.4 Å². The average Bonchev–Trinajstić information content (AvgIpc) is 2.60. The molecular formula is C10H11ClN2O2. The number of hydrogen-bond acceptors (Lipinski definition) is 2. The van der Waals surface area contributed by atoms with E-state index < -0.39 is 12.0 Å². The van der Waals surface area contributed by atoms with Gasteiger partial charge in [-0.25, -0.2) is 0 Å². The van der Waals surface area contributed by atoms with Gasteiger partial charge in [-0.15, -0.1) is 12.4 Å². The van der Waals surface area contributed by atoms with Crippen LogP contribution in [0.15, 0.2) is 30.5 Å². The number of nitrogens with two attached hydrogens (primary N) is 1. The third-order valence-corrected chi connectivity index (χ3v) is 2.22. The van der Waals surface area contributed by atoms with Crippen LogP contribution >= 0.6 is 12.4 Å². The molecule has 0 aliphatic carbocycles. The first-order valence-electron chi connectivity index (χ1n) is 4.24. The Morgan fingerprint density at radius 2 is 2.07 bits per heavy atom. The summed E-state index contributed by atoms with van der Waals surface area (Å²) in [7, 11) is 0. The van der Waals surface area contributed by atoms with Gasteiger partial charge in [-0.3, -0.25) is 4.79 Å². The number of hydrogen-bond donors (Lipinski definition) is 3. The fourth-order valence-corrected chi connectivity index (χ4v) is 1.48. The zero-order chi connectivity index (χ0) is 10.1.